The number of hydrogen-bond acceptors (Lipinski definition) is 4. The molecule has 4 heteroatoms. The molecule has 3 aromatic carbocycles. The zero-order valence-corrected chi connectivity index (χ0v) is 18.9. The van der Waals surface area contributed by atoms with Crippen LogP contribution in [-0.4, -0.2) is 42.8 Å². The fourth-order valence-corrected chi connectivity index (χ4v) is 3.85. The van der Waals surface area contributed by atoms with Gasteiger partial charge >= 0.3 is 0 Å². The summed E-state index contributed by atoms with van der Waals surface area (Å²) in [5.74, 6) is 0.276. The van der Waals surface area contributed by atoms with E-state index in [1.165, 1.54) is 11.1 Å². The smallest absolute Gasteiger partial charge is 0.191 e. The van der Waals surface area contributed by atoms with Crippen LogP contribution in [0.25, 0.3) is 0 Å². The summed E-state index contributed by atoms with van der Waals surface area (Å²) in [4.78, 5) is 13.0. The Morgan fingerprint density at radius 3 is 2.22 bits per heavy atom. The molecule has 0 aromatic heterocycles. The van der Waals surface area contributed by atoms with Crippen LogP contribution in [0.3, 0.4) is 0 Å². The third-order valence-electron chi connectivity index (χ3n) is 5.65. The van der Waals surface area contributed by atoms with Crippen molar-refractivity contribution in [3.63, 3.8) is 0 Å². The molecule has 0 fully saturated rings. The van der Waals surface area contributed by atoms with Crippen molar-refractivity contribution in [1.29, 1.82) is 0 Å². The molecule has 2 N–H and O–H groups in total. The van der Waals surface area contributed by atoms with E-state index in [4.69, 9.17) is 4.74 Å². The van der Waals surface area contributed by atoms with Gasteiger partial charge in [-0.15, -0.1) is 0 Å². The van der Waals surface area contributed by atoms with Crippen molar-refractivity contribution in [3.8, 4) is 0 Å². The SMILES string of the molecule is Cc1ccccc1C(C)CNCC(O)COC(Cc1ccccc1)C(=O)c1ccccc1. The molecule has 0 saturated heterocycles. The van der Waals surface area contributed by atoms with Crippen LogP contribution in [-0.2, 0) is 11.2 Å². The van der Waals surface area contributed by atoms with E-state index in [9.17, 15) is 9.90 Å². The van der Waals surface area contributed by atoms with Crippen LogP contribution in [0.15, 0.2) is 84.9 Å². The lowest BCUT2D eigenvalue weighted by atomic mass is 9.96. The quantitative estimate of drug-likeness (QED) is 0.413. The maximum absolute atomic E-state index is 13.0. The van der Waals surface area contributed by atoms with Crippen LogP contribution in [0.4, 0.5) is 0 Å². The molecule has 0 saturated carbocycles. The first-order valence-electron chi connectivity index (χ1n) is 11.2. The van der Waals surface area contributed by atoms with Gasteiger partial charge in [0.2, 0.25) is 0 Å². The number of Topliss-reactive ketones (excluding diaryl/α,β-unsaturated/α-hetero) is 1. The lowest BCUT2D eigenvalue weighted by molar-refractivity contribution is -0.00170. The number of carbonyl (C=O) groups excluding carboxylic acids is 1. The van der Waals surface area contributed by atoms with Gasteiger partial charge in [0.15, 0.2) is 5.78 Å². The molecule has 0 heterocycles. The van der Waals surface area contributed by atoms with E-state index in [-0.39, 0.29) is 12.4 Å². The van der Waals surface area contributed by atoms with Crippen molar-refractivity contribution in [1.82, 2.24) is 5.32 Å². The van der Waals surface area contributed by atoms with Crippen molar-refractivity contribution in [3.05, 3.63) is 107 Å². The van der Waals surface area contributed by atoms with Crippen molar-refractivity contribution >= 4 is 5.78 Å². The Morgan fingerprint density at radius 1 is 0.906 bits per heavy atom. The molecule has 0 amide bonds. The normalized spacial score (nSPS) is 14.0. The lowest BCUT2D eigenvalue weighted by Crippen LogP contribution is -2.36. The van der Waals surface area contributed by atoms with Gasteiger partial charge in [0.25, 0.3) is 0 Å². The lowest BCUT2D eigenvalue weighted by Gasteiger charge is -2.21. The maximum Gasteiger partial charge on any atom is 0.191 e. The Labute approximate surface area is 191 Å². The van der Waals surface area contributed by atoms with Gasteiger partial charge in [-0.1, -0.05) is 91.9 Å². The zero-order valence-electron chi connectivity index (χ0n) is 18.9. The maximum atomic E-state index is 13.0. The third kappa shape index (κ3) is 7.13. The minimum atomic E-state index is -0.694. The van der Waals surface area contributed by atoms with Crippen LogP contribution in [0.2, 0.25) is 0 Å². The Kier molecular flexibility index (Phi) is 9.17. The number of aryl methyl sites for hydroxylation is 1. The number of hydrogen-bond donors (Lipinski definition) is 2. The molecule has 3 atom stereocenters. The Hall–Kier alpha value is -2.79. The zero-order chi connectivity index (χ0) is 22.8. The van der Waals surface area contributed by atoms with Crippen molar-refractivity contribution in [2.75, 3.05) is 19.7 Å². The summed E-state index contributed by atoms with van der Waals surface area (Å²) in [6, 6.07) is 27.4. The fourth-order valence-electron chi connectivity index (χ4n) is 3.85. The first kappa shape index (κ1) is 23.9. The Bertz CT molecular complexity index is 959. The monoisotopic (exact) mass is 431 g/mol. The average molecular weight is 432 g/mol. The molecule has 0 radical (unpaired) electrons. The summed E-state index contributed by atoms with van der Waals surface area (Å²) in [5.41, 5.74) is 4.23. The van der Waals surface area contributed by atoms with Gasteiger partial charge in [-0.2, -0.15) is 0 Å². The Balaban J connectivity index is 1.53. The van der Waals surface area contributed by atoms with Gasteiger partial charge in [-0.05, 0) is 29.5 Å². The molecule has 3 rings (SSSR count). The van der Waals surface area contributed by atoms with E-state index < -0.39 is 12.2 Å². The second-order valence-electron chi connectivity index (χ2n) is 8.31. The number of ether oxygens (including phenoxy) is 1. The van der Waals surface area contributed by atoms with Gasteiger partial charge in [0.1, 0.15) is 6.10 Å². The number of rotatable bonds is 12. The molecular weight excluding hydrogens is 398 g/mol. The summed E-state index contributed by atoms with van der Waals surface area (Å²) in [7, 11) is 0. The molecule has 0 aliphatic carbocycles. The second kappa shape index (κ2) is 12.3. The number of aliphatic hydroxyl groups is 1. The van der Waals surface area contributed by atoms with Gasteiger partial charge in [-0.3, -0.25) is 4.79 Å². The molecule has 4 nitrogen and oxygen atoms in total. The van der Waals surface area contributed by atoms with Crippen LogP contribution in [0.5, 0.6) is 0 Å². The molecule has 0 spiro atoms. The summed E-state index contributed by atoms with van der Waals surface area (Å²) in [6.45, 7) is 5.56. The van der Waals surface area contributed by atoms with Crippen LogP contribution in [0, 0.1) is 6.92 Å². The molecular formula is C28H33NO3. The van der Waals surface area contributed by atoms with Crippen molar-refractivity contribution < 1.29 is 14.6 Å². The predicted octanol–water partition coefficient (Wildman–Crippen LogP) is 4.56. The minimum absolute atomic E-state index is 0.0669. The molecule has 168 valence electrons. The van der Waals surface area contributed by atoms with E-state index in [1.54, 1.807) is 12.1 Å². The highest BCUT2D eigenvalue weighted by atomic mass is 16.5. The van der Waals surface area contributed by atoms with E-state index in [0.717, 1.165) is 12.1 Å². The number of benzene rings is 3. The van der Waals surface area contributed by atoms with Gasteiger partial charge < -0.3 is 15.2 Å². The summed E-state index contributed by atoms with van der Waals surface area (Å²) in [5, 5.41) is 13.8. The molecule has 0 aliphatic heterocycles. The highest BCUT2D eigenvalue weighted by molar-refractivity contribution is 5.99. The summed E-state index contributed by atoms with van der Waals surface area (Å²) in [6.07, 6.45) is -0.861. The van der Waals surface area contributed by atoms with E-state index >= 15 is 0 Å². The standard InChI is InChI=1S/C28H33NO3/c1-21-11-9-10-16-26(21)22(2)18-29-19-25(30)20-32-27(17-23-12-5-3-6-13-23)28(31)24-14-7-4-8-15-24/h3-16,22,25,27,29-30H,17-20H2,1-2H3. The minimum Gasteiger partial charge on any atom is -0.389 e. The first-order valence-corrected chi connectivity index (χ1v) is 11.2. The van der Waals surface area contributed by atoms with Crippen LogP contribution >= 0.6 is 0 Å². The highest BCUT2D eigenvalue weighted by Gasteiger charge is 2.22. The molecule has 0 aliphatic rings. The van der Waals surface area contributed by atoms with Gasteiger partial charge in [0, 0.05) is 25.1 Å². The summed E-state index contributed by atoms with van der Waals surface area (Å²) < 4.78 is 5.95. The number of aliphatic hydroxyl groups excluding tert-OH is 1. The molecule has 3 aromatic rings. The third-order valence-corrected chi connectivity index (χ3v) is 5.65. The average Bonchev–Trinajstić information content (AvgIpc) is 2.82. The number of carbonyl (C=O) groups is 1. The van der Waals surface area contributed by atoms with E-state index in [2.05, 4.69) is 37.4 Å². The van der Waals surface area contributed by atoms with Gasteiger partial charge in [0.05, 0.1) is 12.7 Å². The van der Waals surface area contributed by atoms with Crippen LogP contribution < -0.4 is 5.32 Å². The van der Waals surface area contributed by atoms with E-state index in [0.29, 0.717) is 24.4 Å². The second-order valence-corrected chi connectivity index (χ2v) is 8.31. The fraction of sp³-hybridized carbons (Fsp3) is 0.321. The highest BCUT2D eigenvalue weighted by Crippen LogP contribution is 2.18. The molecule has 0 bridgehead atoms. The predicted molar refractivity (Wildman–Crippen MR) is 129 cm³/mol. The van der Waals surface area contributed by atoms with Crippen LogP contribution in [0.1, 0.15) is 39.9 Å². The number of nitrogens with one attached hydrogen (secondary N) is 1. The largest absolute Gasteiger partial charge is 0.389 e. The Morgan fingerprint density at radius 2 is 1.53 bits per heavy atom. The number of ketones is 1. The van der Waals surface area contributed by atoms with E-state index in [1.807, 2.05) is 54.6 Å². The molecule has 3 unspecified atom stereocenters. The summed E-state index contributed by atoms with van der Waals surface area (Å²) >= 11 is 0. The van der Waals surface area contributed by atoms with Gasteiger partial charge in [-0.25, -0.2) is 0 Å². The van der Waals surface area contributed by atoms with Crippen molar-refractivity contribution in [2.24, 2.45) is 0 Å². The topological polar surface area (TPSA) is 58.6 Å². The van der Waals surface area contributed by atoms with Crippen molar-refractivity contribution in [2.45, 2.75) is 38.4 Å². The first-order chi connectivity index (χ1) is 15.5. The molecule has 32 heavy (non-hydrogen) atoms.